The summed E-state index contributed by atoms with van der Waals surface area (Å²) in [5.74, 6) is 1.86. The van der Waals surface area contributed by atoms with E-state index in [-0.39, 0.29) is 12.3 Å². The van der Waals surface area contributed by atoms with Crippen LogP contribution in [0.15, 0.2) is 18.2 Å². The molecular formula is C18H23N3O4. The SMILES string of the molecule is CCc1nc(-c2ccc(OC)cc2OC)nc(OC)c1CCC(N)=O. The molecule has 0 aliphatic rings. The quantitative estimate of drug-likeness (QED) is 0.787. The summed E-state index contributed by atoms with van der Waals surface area (Å²) in [7, 11) is 4.72. The summed E-state index contributed by atoms with van der Waals surface area (Å²) in [6.07, 6.45) is 1.35. The van der Waals surface area contributed by atoms with Gasteiger partial charge < -0.3 is 19.9 Å². The lowest BCUT2D eigenvalue weighted by molar-refractivity contribution is -0.117. The van der Waals surface area contributed by atoms with E-state index in [4.69, 9.17) is 19.9 Å². The van der Waals surface area contributed by atoms with Gasteiger partial charge in [-0.15, -0.1) is 0 Å². The Bertz CT molecular complexity index is 737. The van der Waals surface area contributed by atoms with Crippen LogP contribution < -0.4 is 19.9 Å². The first kappa shape index (κ1) is 18.5. The van der Waals surface area contributed by atoms with Gasteiger partial charge in [0, 0.05) is 18.1 Å². The van der Waals surface area contributed by atoms with Gasteiger partial charge in [-0.3, -0.25) is 4.79 Å². The zero-order chi connectivity index (χ0) is 18.4. The number of nitrogens with two attached hydrogens (primary N) is 1. The zero-order valence-electron chi connectivity index (χ0n) is 15.0. The van der Waals surface area contributed by atoms with Crippen molar-refractivity contribution < 1.29 is 19.0 Å². The summed E-state index contributed by atoms with van der Waals surface area (Å²) in [5.41, 5.74) is 7.62. The second-order valence-corrected chi connectivity index (χ2v) is 5.37. The highest BCUT2D eigenvalue weighted by Gasteiger charge is 2.18. The van der Waals surface area contributed by atoms with E-state index in [2.05, 4.69) is 9.97 Å². The first-order valence-corrected chi connectivity index (χ1v) is 7.98. The summed E-state index contributed by atoms with van der Waals surface area (Å²) >= 11 is 0. The number of benzene rings is 1. The first-order chi connectivity index (χ1) is 12.0. The van der Waals surface area contributed by atoms with E-state index >= 15 is 0 Å². The summed E-state index contributed by atoms with van der Waals surface area (Å²) < 4.78 is 16.1. The van der Waals surface area contributed by atoms with Gasteiger partial charge in [-0.25, -0.2) is 4.98 Å². The van der Waals surface area contributed by atoms with Crippen LogP contribution in [0, 0.1) is 0 Å². The monoisotopic (exact) mass is 345 g/mol. The van der Waals surface area contributed by atoms with E-state index in [1.807, 2.05) is 19.1 Å². The number of aryl methyl sites for hydroxylation is 1. The van der Waals surface area contributed by atoms with Crippen LogP contribution in [0.4, 0.5) is 0 Å². The molecule has 2 aromatic rings. The lowest BCUT2D eigenvalue weighted by Gasteiger charge is -2.15. The molecule has 0 saturated carbocycles. The van der Waals surface area contributed by atoms with Crippen molar-refractivity contribution >= 4 is 5.91 Å². The number of ether oxygens (including phenoxy) is 3. The Morgan fingerprint density at radius 1 is 1.12 bits per heavy atom. The second kappa shape index (κ2) is 8.32. The van der Waals surface area contributed by atoms with Crippen molar-refractivity contribution in [2.24, 2.45) is 5.73 Å². The predicted molar refractivity (Wildman–Crippen MR) is 94.0 cm³/mol. The van der Waals surface area contributed by atoms with Crippen LogP contribution in [-0.2, 0) is 17.6 Å². The third kappa shape index (κ3) is 4.17. The predicted octanol–water partition coefficient (Wildman–Crippen LogP) is 2.15. The van der Waals surface area contributed by atoms with Gasteiger partial charge in [0.05, 0.1) is 32.6 Å². The maximum atomic E-state index is 11.1. The average molecular weight is 345 g/mol. The van der Waals surface area contributed by atoms with Crippen LogP contribution in [0.3, 0.4) is 0 Å². The highest BCUT2D eigenvalue weighted by atomic mass is 16.5. The Morgan fingerprint density at radius 3 is 2.44 bits per heavy atom. The molecule has 2 rings (SSSR count). The molecule has 1 aromatic carbocycles. The van der Waals surface area contributed by atoms with E-state index in [0.717, 1.165) is 16.8 Å². The molecule has 0 atom stereocenters. The van der Waals surface area contributed by atoms with Crippen LogP contribution in [0.1, 0.15) is 24.6 Å². The van der Waals surface area contributed by atoms with Gasteiger partial charge in [-0.1, -0.05) is 6.92 Å². The van der Waals surface area contributed by atoms with Crippen molar-refractivity contribution in [1.82, 2.24) is 9.97 Å². The van der Waals surface area contributed by atoms with Crippen molar-refractivity contribution in [1.29, 1.82) is 0 Å². The summed E-state index contributed by atoms with van der Waals surface area (Å²) in [4.78, 5) is 20.3. The van der Waals surface area contributed by atoms with Crippen LogP contribution in [0.25, 0.3) is 11.4 Å². The number of nitrogens with zero attached hydrogens (tertiary/aromatic N) is 2. The molecule has 1 heterocycles. The molecular weight excluding hydrogens is 322 g/mol. The standard InChI is InChI=1S/C18H23N3O4/c1-5-14-12(8-9-16(19)22)18(25-4)21-17(20-14)13-7-6-11(23-2)10-15(13)24-3/h6-7,10H,5,8-9H2,1-4H3,(H2,19,22). The van der Waals surface area contributed by atoms with Gasteiger partial charge in [-0.2, -0.15) is 4.98 Å². The van der Waals surface area contributed by atoms with Gasteiger partial charge in [0.1, 0.15) is 11.5 Å². The molecule has 7 heteroatoms. The molecule has 7 nitrogen and oxygen atoms in total. The Labute approximate surface area is 147 Å². The lowest BCUT2D eigenvalue weighted by Crippen LogP contribution is -2.13. The molecule has 0 fully saturated rings. The molecule has 2 N–H and O–H groups in total. The normalized spacial score (nSPS) is 10.4. The maximum absolute atomic E-state index is 11.1. The lowest BCUT2D eigenvalue weighted by atomic mass is 10.1. The Morgan fingerprint density at radius 2 is 1.88 bits per heavy atom. The van der Waals surface area contributed by atoms with Crippen molar-refractivity contribution in [2.75, 3.05) is 21.3 Å². The number of methoxy groups -OCH3 is 3. The maximum Gasteiger partial charge on any atom is 0.220 e. The summed E-state index contributed by atoms with van der Waals surface area (Å²) in [6.45, 7) is 1.99. The van der Waals surface area contributed by atoms with E-state index < -0.39 is 0 Å². The molecule has 0 radical (unpaired) electrons. The van der Waals surface area contributed by atoms with E-state index in [0.29, 0.717) is 36.0 Å². The Balaban J connectivity index is 2.54. The number of primary amides is 1. The minimum Gasteiger partial charge on any atom is -0.497 e. The average Bonchev–Trinajstić information content (AvgIpc) is 2.64. The number of hydrogen-bond donors (Lipinski definition) is 1. The molecule has 0 saturated heterocycles. The van der Waals surface area contributed by atoms with E-state index in [1.165, 1.54) is 0 Å². The molecule has 0 bridgehead atoms. The number of hydrogen-bond acceptors (Lipinski definition) is 6. The smallest absolute Gasteiger partial charge is 0.220 e. The van der Waals surface area contributed by atoms with E-state index in [1.54, 1.807) is 27.4 Å². The Kier molecular flexibility index (Phi) is 6.16. The Hall–Kier alpha value is -2.83. The first-order valence-electron chi connectivity index (χ1n) is 7.98. The van der Waals surface area contributed by atoms with Crippen LogP contribution in [0.5, 0.6) is 17.4 Å². The fraction of sp³-hybridized carbons (Fsp3) is 0.389. The number of carbonyl (C=O) groups is 1. The van der Waals surface area contributed by atoms with Crippen LogP contribution in [0.2, 0.25) is 0 Å². The fourth-order valence-corrected chi connectivity index (χ4v) is 2.57. The third-order valence-corrected chi connectivity index (χ3v) is 3.85. The van der Waals surface area contributed by atoms with Gasteiger partial charge >= 0.3 is 0 Å². The number of rotatable bonds is 8. The largest absolute Gasteiger partial charge is 0.497 e. The molecule has 0 spiro atoms. The molecule has 0 unspecified atom stereocenters. The molecule has 1 aromatic heterocycles. The highest BCUT2D eigenvalue weighted by Crippen LogP contribution is 2.33. The van der Waals surface area contributed by atoms with Crippen LogP contribution in [-0.4, -0.2) is 37.2 Å². The number of carbonyl (C=O) groups excluding carboxylic acids is 1. The molecule has 134 valence electrons. The summed E-state index contributed by atoms with van der Waals surface area (Å²) in [5, 5.41) is 0. The van der Waals surface area contributed by atoms with Gasteiger partial charge in [0.2, 0.25) is 11.8 Å². The number of aromatic nitrogens is 2. The molecule has 1 amide bonds. The molecule has 0 aliphatic carbocycles. The second-order valence-electron chi connectivity index (χ2n) is 5.37. The third-order valence-electron chi connectivity index (χ3n) is 3.85. The minimum absolute atomic E-state index is 0.220. The van der Waals surface area contributed by atoms with Crippen LogP contribution >= 0.6 is 0 Å². The van der Waals surface area contributed by atoms with Gasteiger partial charge in [0.15, 0.2) is 5.82 Å². The summed E-state index contributed by atoms with van der Waals surface area (Å²) in [6, 6.07) is 5.44. The van der Waals surface area contributed by atoms with Crippen molar-refractivity contribution in [3.05, 3.63) is 29.5 Å². The van der Waals surface area contributed by atoms with Gasteiger partial charge in [-0.05, 0) is 25.0 Å². The van der Waals surface area contributed by atoms with Gasteiger partial charge in [0.25, 0.3) is 0 Å². The minimum atomic E-state index is -0.370. The number of amides is 1. The van der Waals surface area contributed by atoms with Crippen molar-refractivity contribution in [3.63, 3.8) is 0 Å². The highest BCUT2D eigenvalue weighted by molar-refractivity contribution is 5.74. The van der Waals surface area contributed by atoms with E-state index in [9.17, 15) is 4.79 Å². The topological polar surface area (TPSA) is 96.6 Å². The van der Waals surface area contributed by atoms with Crippen molar-refractivity contribution in [3.8, 4) is 28.8 Å². The van der Waals surface area contributed by atoms with Crippen molar-refractivity contribution in [2.45, 2.75) is 26.2 Å². The molecule has 0 aliphatic heterocycles. The zero-order valence-corrected chi connectivity index (χ0v) is 15.0. The fourth-order valence-electron chi connectivity index (χ4n) is 2.57. The molecule has 25 heavy (non-hydrogen) atoms.